The van der Waals surface area contributed by atoms with Crippen molar-refractivity contribution in [2.75, 3.05) is 12.3 Å². The Bertz CT molecular complexity index is 521. The Morgan fingerprint density at radius 1 is 1.22 bits per heavy atom. The van der Waals surface area contributed by atoms with Crippen molar-refractivity contribution in [3.63, 3.8) is 0 Å². The van der Waals surface area contributed by atoms with Crippen molar-refractivity contribution in [1.29, 1.82) is 0 Å². The van der Waals surface area contributed by atoms with Gasteiger partial charge in [0.15, 0.2) is 0 Å². The molecule has 2 rings (SSSR count). The molecule has 0 N–H and O–H groups in total. The Labute approximate surface area is 140 Å². The van der Waals surface area contributed by atoms with Gasteiger partial charge < -0.3 is 24.7 Å². The van der Waals surface area contributed by atoms with Gasteiger partial charge in [-0.2, -0.15) is 0 Å². The molecule has 0 radical (unpaired) electrons. The molecule has 0 aromatic rings. The predicted octanol–water partition coefficient (Wildman–Crippen LogP) is -0.595. The summed E-state index contributed by atoms with van der Waals surface area (Å²) in [5.41, 5.74) is 0.313. The SMILES string of the molecule is CC1(C)C[C@@H]2C[C@@](C)(CN2C(=O)CS[C@H](CC(=O)[O-])C(=O)[O-])C1. The standard InChI is InChI=1S/C16H25NO5S/c1-15(2)5-10-6-16(3,8-15)9-17(10)12(18)7-23-11(14(21)22)4-13(19)20/h10-11H,4-9H2,1-3H3,(H,19,20)(H,21,22)/p-2/t10-,11-,16-/m1/s1. The molecule has 2 fully saturated rings. The van der Waals surface area contributed by atoms with Crippen molar-refractivity contribution in [3.05, 3.63) is 0 Å². The van der Waals surface area contributed by atoms with Crippen LogP contribution >= 0.6 is 11.8 Å². The Hall–Kier alpha value is -1.24. The van der Waals surface area contributed by atoms with Crippen LogP contribution in [0.5, 0.6) is 0 Å². The molecular weight excluding hydrogens is 318 g/mol. The van der Waals surface area contributed by atoms with E-state index in [0.717, 1.165) is 31.0 Å². The van der Waals surface area contributed by atoms with Gasteiger partial charge in [0.25, 0.3) is 0 Å². The van der Waals surface area contributed by atoms with Crippen LogP contribution in [0.15, 0.2) is 0 Å². The van der Waals surface area contributed by atoms with Crippen LogP contribution in [0.3, 0.4) is 0 Å². The maximum atomic E-state index is 12.5. The molecule has 3 atom stereocenters. The number of rotatable bonds is 6. The molecule has 6 nitrogen and oxygen atoms in total. The highest BCUT2D eigenvalue weighted by molar-refractivity contribution is 8.01. The molecule has 0 aromatic heterocycles. The van der Waals surface area contributed by atoms with E-state index in [0.29, 0.717) is 6.54 Å². The lowest BCUT2D eigenvalue weighted by Gasteiger charge is -2.39. The first kappa shape index (κ1) is 18.1. The van der Waals surface area contributed by atoms with Gasteiger partial charge >= 0.3 is 0 Å². The summed E-state index contributed by atoms with van der Waals surface area (Å²) in [6.07, 6.45) is 2.35. The monoisotopic (exact) mass is 341 g/mol. The summed E-state index contributed by atoms with van der Waals surface area (Å²) in [7, 11) is 0. The van der Waals surface area contributed by atoms with Gasteiger partial charge in [0.1, 0.15) is 0 Å². The lowest BCUT2D eigenvalue weighted by molar-refractivity contribution is -0.314. The molecule has 1 amide bonds. The molecule has 0 aromatic carbocycles. The van der Waals surface area contributed by atoms with Crippen LogP contribution in [-0.4, -0.2) is 46.3 Å². The molecule has 2 aliphatic rings. The number of hydrogen-bond acceptors (Lipinski definition) is 6. The van der Waals surface area contributed by atoms with Crippen LogP contribution in [-0.2, 0) is 14.4 Å². The molecule has 1 aliphatic carbocycles. The van der Waals surface area contributed by atoms with Gasteiger partial charge in [0, 0.05) is 25.0 Å². The summed E-state index contributed by atoms with van der Waals surface area (Å²) in [5.74, 6) is -3.09. The molecule has 0 spiro atoms. The highest BCUT2D eigenvalue weighted by atomic mass is 32.2. The van der Waals surface area contributed by atoms with Gasteiger partial charge in [-0.3, -0.25) is 4.79 Å². The van der Waals surface area contributed by atoms with Gasteiger partial charge in [0.2, 0.25) is 5.91 Å². The molecule has 0 unspecified atom stereocenters. The van der Waals surface area contributed by atoms with E-state index in [-0.39, 0.29) is 28.5 Å². The number of fused-ring (bicyclic) bond motifs is 2. The van der Waals surface area contributed by atoms with Gasteiger partial charge in [0.05, 0.1) is 17.0 Å². The van der Waals surface area contributed by atoms with E-state index in [9.17, 15) is 24.6 Å². The first-order chi connectivity index (χ1) is 10.5. The zero-order chi connectivity index (χ0) is 17.4. The fourth-order valence-corrected chi connectivity index (χ4v) is 5.27. The number of likely N-dealkylation sites (tertiary alicyclic amines) is 1. The number of carboxylic acids is 2. The lowest BCUT2D eigenvalue weighted by atomic mass is 9.65. The molecule has 23 heavy (non-hydrogen) atoms. The van der Waals surface area contributed by atoms with Crippen molar-refractivity contribution in [2.24, 2.45) is 10.8 Å². The minimum Gasteiger partial charge on any atom is -0.550 e. The zero-order valence-electron chi connectivity index (χ0n) is 13.8. The molecule has 1 saturated heterocycles. The second-order valence-electron chi connectivity index (χ2n) is 7.93. The number of nitrogens with zero attached hydrogens (tertiary/aromatic N) is 1. The van der Waals surface area contributed by atoms with Crippen molar-refractivity contribution >= 4 is 29.6 Å². The van der Waals surface area contributed by atoms with Gasteiger partial charge in [-0.25, -0.2) is 0 Å². The number of amides is 1. The number of carboxylic acid groups (broad SMARTS) is 2. The van der Waals surface area contributed by atoms with Gasteiger partial charge in [-0.15, -0.1) is 11.8 Å². The number of carbonyl (C=O) groups is 3. The smallest absolute Gasteiger partial charge is 0.232 e. The number of hydrogen-bond donors (Lipinski definition) is 0. The van der Waals surface area contributed by atoms with E-state index in [1.807, 2.05) is 4.90 Å². The minimum atomic E-state index is -1.47. The van der Waals surface area contributed by atoms with Crippen LogP contribution in [0.2, 0.25) is 0 Å². The third kappa shape index (κ3) is 4.40. The van der Waals surface area contributed by atoms with Crippen molar-refractivity contribution in [3.8, 4) is 0 Å². The fraction of sp³-hybridized carbons (Fsp3) is 0.812. The molecule has 1 heterocycles. The van der Waals surface area contributed by atoms with Crippen LogP contribution in [0.1, 0.15) is 46.5 Å². The molecule has 2 bridgehead atoms. The summed E-state index contributed by atoms with van der Waals surface area (Å²) in [6, 6.07) is 0.194. The van der Waals surface area contributed by atoms with Crippen LogP contribution in [0.4, 0.5) is 0 Å². The third-order valence-electron chi connectivity index (χ3n) is 4.76. The van der Waals surface area contributed by atoms with Crippen LogP contribution in [0, 0.1) is 10.8 Å². The van der Waals surface area contributed by atoms with Crippen molar-refractivity contribution in [2.45, 2.75) is 57.7 Å². The molecular formula is C16H23NO5S-2. The molecule has 1 saturated carbocycles. The topological polar surface area (TPSA) is 101 Å². The lowest BCUT2D eigenvalue weighted by Crippen LogP contribution is -2.41. The molecule has 130 valence electrons. The highest BCUT2D eigenvalue weighted by Gasteiger charge is 2.50. The molecule has 1 aliphatic heterocycles. The first-order valence-corrected chi connectivity index (χ1v) is 8.88. The van der Waals surface area contributed by atoms with Crippen molar-refractivity contribution in [1.82, 2.24) is 4.90 Å². The first-order valence-electron chi connectivity index (χ1n) is 7.83. The quantitative estimate of drug-likeness (QED) is 0.640. The summed E-state index contributed by atoms with van der Waals surface area (Å²) >= 11 is 0.812. The normalized spacial score (nSPS) is 30.0. The number of thioether (sulfide) groups is 1. The maximum Gasteiger partial charge on any atom is 0.232 e. The summed E-state index contributed by atoms with van der Waals surface area (Å²) in [5, 5.41) is 20.3. The van der Waals surface area contributed by atoms with E-state index in [4.69, 9.17) is 0 Å². The second-order valence-corrected chi connectivity index (χ2v) is 9.12. The zero-order valence-corrected chi connectivity index (χ0v) is 14.6. The fourth-order valence-electron chi connectivity index (χ4n) is 4.37. The third-order valence-corrected chi connectivity index (χ3v) is 5.93. The average molecular weight is 341 g/mol. The van der Waals surface area contributed by atoms with E-state index in [2.05, 4.69) is 20.8 Å². The van der Waals surface area contributed by atoms with Crippen LogP contribution in [0.25, 0.3) is 0 Å². The van der Waals surface area contributed by atoms with Gasteiger partial charge in [-0.05, 0) is 30.1 Å². The van der Waals surface area contributed by atoms with E-state index in [1.54, 1.807) is 0 Å². The Morgan fingerprint density at radius 2 is 1.87 bits per heavy atom. The Balaban J connectivity index is 1.96. The Kier molecular flexibility index (Phi) is 4.99. The van der Waals surface area contributed by atoms with Crippen LogP contribution < -0.4 is 10.2 Å². The summed E-state index contributed by atoms with van der Waals surface area (Å²) < 4.78 is 0. The van der Waals surface area contributed by atoms with E-state index < -0.39 is 23.6 Å². The van der Waals surface area contributed by atoms with Gasteiger partial charge in [-0.1, -0.05) is 20.8 Å². The maximum absolute atomic E-state index is 12.5. The summed E-state index contributed by atoms with van der Waals surface area (Å²) in [6.45, 7) is 7.32. The number of carbonyl (C=O) groups excluding carboxylic acids is 3. The van der Waals surface area contributed by atoms with Crippen molar-refractivity contribution < 1.29 is 24.6 Å². The summed E-state index contributed by atoms with van der Waals surface area (Å²) in [4.78, 5) is 35.8. The predicted molar refractivity (Wildman–Crippen MR) is 82.1 cm³/mol. The van der Waals surface area contributed by atoms with E-state index >= 15 is 0 Å². The number of aliphatic carboxylic acids is 2. The largest absolute Gasteiger partial charge is 0.550 e. The second kappa shape index (κ2) is 6.34. The van der Waals surface area contributed by atoms with E-state index in [1.165, 1.54) is 0 Å². The minimum absolute atomic E-state index is 0.0427. The Morgan fingerprint density at radius 3 is 2.43 bits per heavy atom. The average Bonchev–Trinajstić information content (AvgIpc) is 2.62. The molecule has 7 heteroatoms. The highest BCUT2D eigenvalue weighted by Crippen LogP contribution is 2.52.